The number of carbonyl (C=O) groups excluding carboxylic acids is 3. The first-order valence-corrected chi connectivity index (χ1v) is 9.59. The number of carbonyl (C=O) groups is 3. The van der Waals surface area contributed by atoms with E-state index < -0.39 is 11.8 Å². The van der Waals surface area contributed by atoms with Crippen LogP contribution in [-0.4, -0.2) is 53.8 Å². The van der Waals surface area contributed by atoms with Gasteiger partial charge in [-0.15, -0.1) is 0 Å². The molecule has 2 aromatic rings. The average Bonchev–Trinajstić information content (AvgIpc) is 2.76. The van der Waals surface area contributed by atoms with Gasteiger partial charge in [0.1, 0.15) is 0 Å². The SMILES string of the molecule is C=CC(=O)N1CCN(C(=O)c2ccc(NC(=O)Nc3cccc(Cl)c3F)cc2)CC1. The van der Waals surface area contributed by atoms with Crippen LogP contribution < -0.4 is 10.6 Å². The Labute approximate surface area is 178 Å². The van der Waals surface area contributed by atoms with Crippen LogP contribution in [0.25, 0.3) is 0 Å². The molecule has 0 spiro atoms. The molecule has 0 saturated carbocycles. The Morgan fingerprint density at radius 3 is 2.23 bits per heavy atom. The number of piperazine rings is 1. The number of anilines is 2. The second-order valence-electron chi connectivity index (χ2n) is 6.58. The monoisotopic (exact) mass is 430 g/mol. The molecule has 0 unspecified atom stereocenters. The number of rotatable bonds is 4. The van der Waals surface area contributed by atoms with Gasteiger partial charge in [0.25, 0.3) is 5.91 Å². The van der Waals surface area contributed by atoms with E-state index >= 15 is 0 Å². The van der Waals surface area contributed by atoms with Crippen LogP contribution in [0.2, 0.25) is 5.02 Å². The fourth-order valence-corrected chi connectivity index (χ4v) is 3.20. The van der Waals surface area contributed by atoms with Crippen LogP contribution >= 0.6 is 11.6 Å². The fourth-order valence-electron chi connectivity index (χ4n) is 3.02. The van der Waals surface area contributed by atoms with Crippen molar-refractivity contribution in [3.63, 3.8) is 0 Å². The molecule has 1 heterocycles. The lowest BCUT2D eigenvalue weighted by Gasteiger charge is -2.34. The van der Waals surface area contributed by atoms with Crippen molar-refractivity contribution in [2.24, 2.45) is 0 Å². The number of nitrogens with zero attached hydrogens (tertiary/aromatic N) is 2. The number of amides is 4. The molecule has 1 fully saturated rings. The third-order valence-corrected chi connectivity index (χ3v) is 4.93. The summed E-state index contributed by atoms with van der Waals surface area (Å²) in [5.74, 6) is -1.02. The summed E-state index contributed by atoms with van der Waals surface area (Å²) >= 11 is 5.69. The van der Waals surface area contributed by atoms with Crippen molar-refractivity contribution in [3.8, 4) is 0 Å². The molecular formula is C21H20ClFN4O3. The summed E-state index contributed by atoms with van der Waals surface area (Å²) in [5.41, 5.74) is 0.860. The van der Waals surface area contributed by atoms with Crippen LogP contribution in [0.15, 0.2) is 55.1 Å². The van der Waals surface area contributed by atoms with Gasteiger partial charge in [-0.2, -0.15) is 0 Å². The molecule has 1 aliphatic rings. The number of hydrogen-bond donors (Lipinski definition) is 2. The molecule has 156 valence electrons. The van der Waals surface area contributed by atoms with E-state index in [0.717, 1.165) is 0 Å². The molecule has 1 aliphatic heterocycles. The highest BCUT2D eigenvalue weighted by Gasteiger charge is 2.23. The zero-order chi connectivity index (χ0) is 21.7. The Morgan fingerprint density at radius 1 is 0.967 bits per heavy atom. The van der Waals surface area contributed by atoms with Gasteiger partial charge in [-0.05, 0) is 42.5 Å². The lowest BCUT2D eigenvalue weighted by atomic mass is 10.1. The van der Waals surface area contributed by atoms with Crippen molar-refractivity contribution in [1.29, 1.82) is 0 Å². The molecule has 0 aliphatic carbocycles. The van der Waals surface area contributed by atoms with E-state index in [4.69, 9.17) is 11.6 Å². The zero-order valence-corrected chi connectivity index (χ0v) is 16.8. The summed E-state index contributed by atoms with van der Waals surface area (Å²) in [5, 5.41) is 4.86. The van der Waals surface area contributed by atoms with Gasteiger partial charge in [0.2, 0.25) is 5.91 Å². The number of benzene rings is 2. The molecule has 2 N–H and O–H groups in total. The Hall–Kier alpha value is -3.39. The summed E-state index contributed by atoms with van der Waals surface area (Å²) in [7, 11) is 0. The third-order valence-electron chi connectivity index (χ3n) is 4.64. The standard InChI is InChI=1S/C21H20ClFN4O3/c1-2-18(28)26-10-12-27(13-11-26)20(29)14-6-8-15(9-7-14)24-21(30)25-17-5-3-4-16(22)19(17)23/h2-9H,1,10-13H2,(H2,24,25,30). The van der Waals surface area contributed by atoms with Crippen LogP contribution in [0, 0.1) is 5.82 Å². The summed E-state index contributed by atoms with van der Waals surface area (Å²) < 4.78 is 13.9. The second-order valence-corrected chi connectivity index (χ2v) is 6.99. The highest BCUT2D eigenvalue weighted by molar-refractivity contribution is 6.31. The van der Waals surface area contributed by atoms with Crippen LogP contribution in [0.1, 0.15) is 10.4 Å². The molecule has 9 heteroatoms. The van der Waals surface area contributed by atoms with Crippen LogP contribution in [0.4, 0.5) is 20.6 Å². The van der Waals surface area contributed by atoms with Crippen molar-refractivity contribution in [3.05, 3.63) is 71.5 Å². The summed E-state index contributed by atoms with van der Waals surface area (Å²) in [6, 6.07) is 10.0. The molecule has 3 rings (SSSR count). The molecule has 30 heavy (non-hydrogen) atoms. The minimum atomic E-state index is -0.717. The minimum absolute atomic E-state index is 0.0409. The van der Waals surface area contributed by atoms with Crippen molar-refractivity contribution in [2.45, 2.75) is 0 Å². The van der Waals surface area contributed by atoms with Crippen molar-refractivity contribution in [1.82, 2.24) is 9.80 Å². The largest absolute Gasteiger partial charge is 0.336 e. The number of halogens is 2. The minimum Gasteiger partial charge on any atom is -0.336 e. The Bertz CT molecular complexity index is 973. The fraction of sp³-hybridized carbons (Fsp3) is 0.190. The van der Waals surface area contributed by atoms with Gasteiger partial charge in [-0.25, -0.2) is 9.18 Å². The highest BCUT2D eigenvalue weighted by Crippen LogP contribution is 2.22. The van der Waals surface area contributed by atoms with Gasteiger partial charge < -0.3 is 20.4 Å². The first-order valence-electron chi connectivity index (χ1n) is 9.21. The van der Waals surface area contributed by atoms with Gasteiger partial charge in [0.05, 0.1) is 10.7 Å². The van der Waals surface area contributed by atoms with E-state index in [1.807, 2.05) is 0 Å². The van der Waals surface area contributed by atoms with Gasteiger partial charge in [0.15, 0.2) is 5.82 Å². The molecule has 0 radical (unpaired) electrons. The molecule has 4 amide bonds. The predicted octanol–water partition coefficient (Wildman–Crippen LogP) is 3.59. The topological polar surface area (TPSA) is 81.8 Å². The maximum absolute atomic E-state index is 13.9. The number of urea groups is 1. The molecule has 7 nitrogen and oxygen atoms in total. The summed E-state index contributed by atoms with van der Waals surface area (Å²) in [6.07, 6.45) is 1.26. The zero-order valence-electron chi connectivity index (χ0n) is 16.0. The average molecular weight is 431 g/mol. The molecule has 0 bridgehead atoms. The smallest absolute Gasteiger partial charge is 0.323 e. The van der Waals surface area contributed by atoms with E-state index in [9.17, 15) is 18.8 Å². The van der Waals surface area contributed by atoms with Gasteiger partial charge in [0, 0.05) is 37.4 Å². The first kappa shape index (κ1) is 21.3. The summed E-state index contributed by atoms with van der Waals surface area (Å²) in [4.78, 5) is 39.7. The second kappa shape index (κ2) is 9.41. The van der Waals surface area contributed by atoms with Gasteiger partial charge >= 0.3 is 6.03 Å². The molecule has 0 aromatic heterocycles. The Balaban J connectivity index is 1.56. The molecule has 0 atom stereocenters. The van der Waals surface area contributed by atoms with Gasteiger partial charge in [-0.1, -0.05) is 24.2 Å². The van der Waals surface area contributed by atoms with Gasteiger partial charge in [-0.3, -0.25) is 9.59 Å². The third kappa shape index (κ3) is 4.96. The number of nitrogens with one attached hydrogen (secondary N) is 2. The maximum atomic E-state index is 13.9. The first-order chi connectivity index (χ1) is 14.4. The van der Waals surface area contributed by atoms with Crippen molar-refractivity contribution >= 4 is 40.8 Å². The Kier molecular flexibility index (Phi) is 6.68. The van der Waals surface area contributed by atoms with Crippen molar-refractivity contribution < 1.29 is 18.8 Å². The van der Waals surface area contributed by atoms with Crippen LogP contribution in [0.5, 0.6) is 0 Å². The lowest BCUT2D eigenvalue weighted by molar-refractivity contribution is -0.127. The van der Waals surface area contributed by atoms with Crippen LogP contribution in [-0.2, 0) is 4.79 Å². The molecule has 2 aromatic carbocycles. The molecular weight excluding hydrogens is 411 g/mol. The molecule has 1 saturated heterocycles. The lowest BCUT2D eigenvalue weighted by Crippen LogP contribution is -2.50. The quantitative estimate of drug-likeness (QED) is 0.727. The van der Waals surface area contributed by atoms with E-state index in [2.05, 4.69) is 17.2 Å². The number of hydrogen-bond acceptors (Lipinski definition) is 3. The summed E-state index contributed by atoms with van der Waals surface area (Å²) in [6.45, 7) is 5.25. The maximum Gasteiger partial charge on any atom is 0.323 e. The predicted molar refractivity (Wildman–Crippen MR) is 113 cm³/mol. The highest BCUT2D eigenvalue weighted by atomic mass is 35.5. The van der Waals surface area contributed by atoms with Crippen LogP contribution in [0.3, 0.4) is 0 Å². The normalized spacial score (nSPS) is 13.5. The van der Waals surface area contributed by atoms with E-state index in [1.165, 1.54) is 24.3 Å². The van der Waals surface area contributed by atoms with E-state index in [0.29, 0.717) is 37.4 Å². The van der Waals surface area contributed by atoms with Crippen molar-refractivity contribution in [2.75, 3.05) is 36.8 Å². The van der Waals surface area contributed by atoms with E-state index in [-0.39, 0.29) is 22.5 Å². The Morgan fingerprint density at radius 2 is 1.60 bits per heavy atom. The van der Waals surface area contributed by atoms with E-state index in [1.54, 1.807) is 34.1 Å².